The second kappa shape index (κ2) is 9.48. The Kier molecular flexibility index (Phi) is 6.23. The second-order valence-corrected chi connectivity index (χ2v) is 8.97. The molecule has 3 aliphatic rings. The summed E-state index contributed by atoms with van der Waals surface area (Å²) in [5.41, 5.74) is 1.22. The number of anilines is 2. The molecular formula is C26H28N2O7. The number of ether oxygens (including phenoxy) is 4. The van der Waals surface area contributed by atoms with Crippen LogP contribution in [0.3, 0.4) is 0 Å². The molecule has 2 heterocycles. The second-order valence-electron chi connectivity index (χ2n) is 8.97. The molecule has 9 heteroatoms. The first-order valence-electron chi connectivity index (χ1n) is 12.0. The van der Waals surface area contributed by atoms with Gasteiger partial charge >= 0.3 is 5.97 Å². The predicted molar refractivity (Wildman–Crippen MR) is 127 cm³/mol. The van der Waals surface area contributed by atoms with Gasteiger partial charge in [0.2, 0.25) is 5.91 Å². The van der Waals surface area contributed by atoms with Crippen LogP contribution in [0.15, 0.2) is 42.5 Å². The molecule has 184 valence electrons. The summed E-state index contributed by atoms with van der Waals surface area (Å²) in [6.07, 6.45) is 3.86. The number of carbonyl (C=O) groups is 3. The van der Waals surface area contributed by atoms with E-state index < -0.39 is 30.2 Å². The predicted octanol–water partition coefficient (Wildman–Crippen LogP) is 3.66. The van der Waals surface area contributed by atoms with Crippen LogP contribution < -0.4 is 24.4 Å². The Morgan fingerprint density at radius 3 is 2.57 bits per heavy atom. The highest BCUT2D eigenvalue weighted by atomic mass is 16.7. The van der Waals surface area contributed by atoms with Gasteiger partial charge in [-0.1, -0.05) is 0 Å². The molecule has 1 saturated carbocycles. The van der Waals surface area contributed by atoms with Crippen LogP contribution >= 0.6 is 0 Å². The Morgan fingerprint density at radius 1 is 1.09 bits per heavy atom. The smallest absolute Gasteiger partial charge is 0.311 e. The zero-order valence-corrected chi connectivity index (χ0v) is 19.6. The van der Waals surface area contributed by atoms with Crippen molar-refractivity contribution in [3.8, 4) is 17.2 Å². The Labute approximate surface area is 203 Å². The summed E-state index contributed by atoms with van der Waals surface area (Å²) >= 11 is 0. The number of nitrogens with zero attached hydrogens (tertiary/aromatic N) is 1. The van der Waals surface area contributed by atoms with Crippen LogP contribution in [-0.4, -0.2) is 43.3 Å². The molecule has 1 unspecified atom stereocenters. The van der Waals surface area contributed by atoms with Gasteiger partial charge in [-0.3, -0.25) is 14.4 Å². The number of hydrogen-bond donors (Lipinski definition) is 1. The quantitative estimate of drug-likeness (QED) is 0.603. The van der Waals surface area contributed by atoms with E-state index in [9.17, 15) is 14.4 Å². The third kappa shape index (κ3) is 4.89. The fourth-order valence-electron chi connectivity index (χ4n) is 4.74. The number of fused-ring (bicyclic) bond motifs is 1. The van der Waals surface area contributed by atoms with Gasteiger partial charge in [-0.15, -0.1) is 0 Å². The maximum absolute atomic E-state index is 12.5. The standard InChI is InChI=1S/C26H28N2O7/c1-2-32-20-8-6-19(7-9-20)28-15-17(13-24(28)30)25(31)33-16-23(29)27-18-5-10-21-22(14-18)35-26(34-21)11-3-4-12-26/h5-10,14,17H,2-4,11-13,15-16H2,1H3,(H,27,29). The van der Waals surface area contributed by atoms with Gasteiger partial charge in [0.05, 0.1) is 12.5 Å². The first-order chi connectivity index (χ1) is 16.9. The van der Waals surface area contributed by atoms with E-state index in [1.54, 1.807) is 47.4 Å². The van der Waals surface area contributed by atoms with Gasteiger partial charge in [0.25, 0.3) is 11.7 Å². The van der Waals surface area contributed by atoms with Crippen molar-refractivity contribution in [1.29, 1.82) is 0 Å². The number of carbonyl (C=O) groups excluding carboxylic acids is 3. The normalized spacial score (nSPS) is 19.7. The summed E-state index contributed by atoms with van der Waals surface area (Å²) in [4.78, 5) is 38.9. The van der Waals surface area contributed by atoms with E-state index in [4.69, 9.17) is 18.9 Å². The average Bonchev–Trinajstić information content (AvgIpc) is 3.56. The molecule has 0 aromatic heterocycles. The first kappa shape index (κ1) is 23.0. The minimum Gasteiger partial charge on any atom is -0.494 e. The molecule has 2 aromatic carbocycles. The monoisotopic (exact) mass is 480 g/mol. The molecule has 2 fully saturated rings. The van der Waals surface area contributed by atoms with Crippen molar-refractivity contribution in [2.45, 2.75) is 44.8 Å². The lowest BCUT2D eigenvalue weighted by atomic mass is 10.1. The number of nitrogens with one attached hydrogen (secondary N) is 1. The summed E-state index contributed by atoms with van der Waals surface area (Å²) in [5.74, 6) is -0.434. The lowest BCUT2D eigenvalue weighted by molar-refractivity contribution is -0.151. The van der Waals surface area contributed by atoms with E-state index in [1.807, 2.05) is 6.92 Å². The van der Waals surface area contributed by atoms with E-state index >= 15 is 0 Å². The van der Waals surface area contributed by atoms with Crippen LogP contribution in [0.25, 0.3) is 0 Å². The van der Waals surface area contributed by atoms with Crippen molar-refractivity contribution in [1.82, 2.24) is 0 Å². The molecule has 0 bridgehead atoms. The van der Waals surface area contributed by atoms with Crippen molar-refractivity contribution in [3.63, 3.8) is 0 Å². The molecule has 1 aliphatic carbocycles. The molecule has 2 aliphatic heterocycles. The zero-order chi connectivity index (χ0) is 24.4. The number of amides is 2. The lowest BCUT2D eigenvalue weighted by Crippen LogP contribution is -2.34. The minimum absolute atomic E-state index is 0.0393. The van der Waals surface area contributed by atoms with Gasteiger partial charge in [0, 0.05) is 43.2 Å². The van der Waals surface area contributed by atoms with E-state index in [-0.39, 0.29) is 18.9 Å². The van der Waals surface area contributed by atoms with Gasteiger partial charge in [-0.05, 0) is 56.2 Å². The molecule has 9 nitrogen and oxygen atoms in total. The summed E-state index contributed by atoms with van der Waals surface area (Å²) in [6, 6.07) is 12.3. The molecule has 5 rings (SSSR count). The van der Waals surface area contributed by atoms with Gasteiger partial charge in [0.15, 0.2) is 18.1 Å². The summed E-state index contributed by atoms with van der Waals surface area (Å²) in [7, 11) is 0. The van der Waals surface area contributed by atoms with Crippen LogP contribution in [0.5, 0.6) is 17.2 Å². The number of benzene rings is 2. The highest BCUT2D eigenvalue weighted by Gasteiger charge is 2.44. The van der Waals surface area contributed by atoms with Crippen LogP contribution in [-0.2, 0) is 19.1 Å². The Morgan fingerprint density at radius 2 is 1.83 bits per heavy atom. The summed E-state index contributed by atoms with van der Waals surface area (Å²) in [6.45, 7) is 2.22. The van der Waals surface area contributed by atoms with Crippen LogP contribution in [0, 0.1) is 5.92 Å². The third-order valence-corrected chi connectivity index (χ3v) is 6.45. The van der Waals surface area contributed by atoms with Crippen molar-refractivity contribution in [2.24, 2.45) is 5.92 Å². The Balaban J connectivity index is 1.11. The fraction of sp³-hybridized carbons (Fsp3) is 0.423. The number of esters is 1. The van der Waals surface area contributed by atoms with Crippen molar-refractivity contribution in [2.75, 3.05) is 30.0 Å². The average molecular weight is 481 g/mol. The topological polar surface area (TPSA) is 103 Å². The van der Waals surface area contributed by atoms with Gasteiger partial charge < -0.3 is 29.2 Å². The fourth-order valence-corrected chi connectivity index (χ4v) is 4.74. The van der Waals surface area contributed by atoms with Crippen molar-refractivity contribution < 1.29 is 33.3 Å². The van der Waals surface area contributed by atoms with Crippen LogP contribution in [0.1, 0.15) is 39.0 Å². The maximum atomic E-state index is 12.5. The van der Waals surface area contributed by atoms with E-state index in [2.05, 4.69) is 5.32 Å². The Hall–Kier alpha value is -3.75. The first-order valence-corrected chi connectivity index (χ1v) is 12.0. The van der Waals surface area contributed by atoms with Gasteiger partial charge in [-0.25, -0.2) is 0 Å². The largest absolute Gasteiger partial charge is 0.494 e. The van der Waals surface area contributed by atoms with Gasteiger partial charge in [0.1, 0.15) is 5.75 Å². The molecular weight excluding hydrogens is 452 g/mol. The zero-order valence-electron chi connectivity index (χ0n) is 19.6. The van der Waals surface area contributed by atoms with Gasteiger partial charge in [-0.2, -0.15) is 0 Å². The summed E-state index contributed by atoms with van der Waals surface area (Å²) in [5, 5.41) is 2.71. The van der Waals surface area contributed by atoms with Crippen LogP contribution in [0.4, 0.5) is 11.4 Å². The van der Waals surface area contributed by atoms with Crippen molar-refractivity contribution in [3.05, 3.63) is 42.5 Å². The highest BCUT2D eigenvalue weighted by Crippen LogP contribution is 2.47. The minimum atomic E-state index is -0.630. The Bertz CT molecular complexity index is 1130. The van der Waals surface area contributed by atoms with E-state index in [0.29, 0.717) is 35.2 Å². The number of rotatable bonds is 7. The molecule has 35 heavy (non-hydrogen) atoms. The molecule has 1 atom stereocenters. The molecule has 2 amide bonds. The molecule has 1 saturated heterocycles. The SMILES string of the molecule is CCOc1ccc(N2CC(C(=O)OCC(=O)Nc3ccc4c(c3)OC3(CCCC3)O4)CC2=O)cc1. The molecule has 1 spiro atoms. The highest BCUT2D eigenvalue weighted by molar-refractivity contribution is 6.00. The number of hydrogen-bond acceptors (Lipinski definition) is 7. The lowest BCUT2D eigenvalue weighted by Gasteiger charge is -2.21. The maximum Gasteiger partial charge on any atom is 0.311 e. The molecule has 1 N–H and O–H groups in total. The third-order valence-electron chi connectivity index (χ3n) is 6.45. The molecule has 2 aromatic rings. The van der Waals surface area contributed by atoms with Crippen LogP contribution in [0.2, 0.25) is 0 Å². The van der Waals surface area contributed by atoms with E-state index in [0.717, 1.165) is 25.7 Å². The molecule has 0 radical (unpaired) electrons. The summed E-state index contributed by atoms with van der Waals surface area (Å²) < 4.78 is 22.6. The van der Waals surface area contributed by atoms with Crippen molar-refractivity contribution >= 4 is 29.2 Å². The van der Waals surface area contributed by atoms with E-state index in [1.165, 1.54) is 0 Å².